The van der Waals surface area contributed by atoms with Crippen molar-refractivity contribution in [2.24, 2.45) is 0 Å². The molecule has 0 unspecified atom stereocenters. The molecule has 0 nitrogen and oxygen atoms in total. The maximum Gasteiger partial charge on any atom is -0.0126 e. The van der Waals surface area contributed by atoms with Gasteiger partial charge in [0.15, 0.2) is 0 Å². The smallest absolute Gasteiger partial charge is 0.0126 e. The maximum absolute atomic E-state index is 2.47. The molecular weight excluding hydrogens is 336 g/mol. The molecule has 3 aromatic rings. The highest BCUT2D eigenvalue weighted by Crippen LogP contribution is 2.39. The molecule has 0 spiro atoms. The molecule has 0 amide bonds. The fraction of sp³-hybridized carbons (Fsp3) is 0.357. The molecule has 0 saturated heterocycles. The Labute approximate surface area is 171 Å². The highest BCUT2D eigenvalue weighted by Gasteiger charge is 2.25. The Morgan fingerprint density at radius 3 is 1.57 bits per heavy atom. The van der Waals surface area contributed by atoms with E-state index in [0.29, 0.717) is 0 Å². The van der Waals surface area contributed by atoms with E-state index in [4.69, 9.17) is 0 Å². The van der Waals surface area contributed by atoms with E-state index >= 15 is 0 Å². The van der Waals surface area contributed by atoms with Crippen LogP contribution in [0.4, 0.5) is 0 Å². The number of hydrogen-bond donors (Lipinski definition) is 0. The largest absolute Gasteiger partial charge is 0.0622 e. The van der Waals surface area contributed by atoms with Gasteiger partial charge in [0, 0.05) is 0 Å². The predicted molar refractivity (Wildman–Crippen MR) is 124 cm³/mol. The fourth-order valence-electron chi connectivity index (χ4n) is 3.97. The van der Waals surface area contributed by atoms with Gasteiger partial charge in [-0.25, -0.2) is 0 Å². The third-order valence-electron chi connectivity index (χ3n) is 5.54. The van der Waals surface area contributed by atoms with E-state index in [1.807, 2.05) is 0 Å². The van der Waals surface area contributed by atoms with Crippen LogP contribution in [0.1, 0.15) is 65.2 Å². The van der Waals surface area contributed by atoms with Crippen LogP contribution in [0, 0.1) is 0 Å². The normalized spacial score (nSPS) is 12.2. The molecule has 0 heteroatoms. The van der Waals surface area contributed by atoms with E-state index in [1.165, 1.54) is 38.9 Å². The highest BCUT2D eigenvalue weighted by molar-refractivity contribution is 5.74. The molecule has 3 rings (SSSR count). The summed E-state index contributed by atoms with van der Waals surface area (Å²) in [5.41, 5.74) is 9.83. The Hall–Kier alpha value is -2.34. The van der Waals surface area contributed by atoms with Gasteiger partial charge in [-0.2, -0.15) is 0 Å². The van der Waals surface area contributed by atoms with Gasteiger partial charge in [0.2, 0.25) is 0 Å². The van der Waals surface area contributed by atoms with Crippen LogP contribution in [0.3, 0.4) is 0 Å². The van der Waals surface area contributed by atoms with Crippen molar-refractivity contribution in [2.45, 2.75) is 65.7 Å². The quantitative estimate of drug-likeness (QED) is 0.436. The van der Waals surface area contributed by atoms with Gasteiger partial charge in [-0.1, -0.05) is 115 Å². The van der Waals surface area contributed by atoms with E-state index in [1.54, 1.807) is 0 Å². The molecule has 0 aliphatic carbocycles. The Morgan fingerprint density at radius 1 is 0.571 bits per heavy atom. The maximum atomic E-state index is 2.47. The Kier molecular flexibility index (Phi) is 5.53. The van der Waals surface area contributed by atoms with Crippen LogP contribution in [-0.2, 0) is 17.3 Å². The van der Waals surface area contributed by atoms with E-state index in [-0.39, 0.29) is 10.8 Å². The van der Waals surface area contributed by atoms with Gasteiger partial charge in [0.05, 0.1) is 0 Å². The van der Waals surface area contributed by atoms with Crippen LogP contribution in [0.2, 0.25) is 0 Å². The van der Waals surface area contributed by atoms with E-state index in [2.05, 4.69) is 115 Å². The zero-order valence-corrected chi connectivity index (χ0v) is 18.6. The second kappa shape index (κ2) is 7.59. The number of hydrogen-bond acceptors (Lipinski definition) is 0. The summed E-state index contributed by atoms with van der Waals surface area (Å²) >= 11 is 0. The van der Waals surface area contributed by atoms with Gasteiger partial charge >= 0.3 is 0 Å². The van der Waals surface area contributed by atoms with E-state index in [0.717, 1.165) is 6.42 Å². The summed E-state index contributed by atoms with van der Waals surface area (Å²) in [5, 5.41) is 0. The van der Waals surface area contributed by atoms with E-state index in [9.17, 15) is 0 Å². The van der Waals surface area contributed by atoms with Crippen LogP contribution in [0.5, 0.6) is 0 Å². The molecule has 0 radical (unpaired) electrons. The molecule has 0 atom stereocenters. The van der Waals surface area contributed by atoms with Crippen molar-refractivity contribution in [3.8, 4) is 22.3 Å². The van der Waals surface area contributed by atoms with Gasteiger partial charge in [0.1, 0.15) is 0 Å². The molecule has 0 saturated carbocycles. The minimum Gasteiger partial charge on any atom is -0.0622 e. The second-order valence-corrected chi connectivity index (χ2v) is 9.85. The van der Waals surface area contributed by atoms with E-state index < -0.39 is 0 Å². The van der Waals surface area contributed by atoms with Gasteiger partial charge < -0.3 is 0 Å². The molecule has 0 N–H and O–H groups in total. The van der Waals surface area contributed by atoms with Crippen molar-refractivity contribution >= 4 is 0 Å². The van der Waals surface area contributed by atoms with Crippen LogP contribution < -0.4 is 0 Å². The molecule has 28 heavy (non-hydrogen) atoms. The average molecular weight is 371 g/mol. The van der Waals surface area contributed by atoms with Gasteiger partial charge in [-0.05, 0) is 56.2 Å². The summed E-state index contributed by atoms with van der Waals surface area (Å²) in [6, 6.07) is 24.6. The minimum absolute atomic E-state index is 0.0969. The van der Waals surface area contributed by atoms with Crippen molar-refractivity contribution < 1.29 is 0 Å². The summed E-state index contributed by atoms with van der Waals surface area (Å²) in [7, 11) is 0. The van der Waals surface area contributed by atoms with Crippen LogP contribution >= 0.6 is 0 Å². The first-order valence-corrected chi connectivity index (χ1v) is 10.4. The monoisotopic (exact) mass is 370 g/mol. The van der Waals surface area contributed by atoms with Crippen molar-refractivity contribution in [2.75, 3.05) is 0 Å². The summed E-state index contributed by atoms with van der Waals surface area (Å²) < 4.78 is 0. The average Bonchev–Trinajstić information content (AvgIpc) is 2.66. The lowest BCUT2D eigenvalue weighted by atomic mass is 9.75. The minimum atomic E-state index is 0.0969. The molecule has 0 aromatic heterocycles. The molecule has 0 heterocycles. The fourth-order valence-corrected chi connectivity index (χ4v) is 3.97. The van der Waals surface area contributed by atoms with Crippen molar-refractivity contribution in [1.29, 1.82) is 0 Å². The third-order valence-corrected chi connectivity index (χ3v) is 5.54. The second-order valence-electron chi connectivity index (χ2n) is 9.85. The third kappa shape index (κ3) is 4.22. The molecule has 3 aromatic carbocycles. The molecule has 0 aliphatic rings. The first-order valence-electron chi connectivity index (χ1n) is 10.4. The first kappa shape index (κ1) is 20.4. The molecule has 0 aliphatic heterocycles. The Bertz CT molecular complexity index is 930. The topological polar surface area (TPSA) is 0 Å². The van der Waals surface area contributed by atoms with Crippen molar-refractivity contribution in [3.05, 3.63) is 83.4 Å². The zero-order chi connectivity index (χ0) is 20.5. The van der Waals surface area contributed by atoms with Crippen LogP contribution in [0.25, 0.3) is 22.3 Å². The predicted octanol–water partition coefficient (Wildman–Crippen LogP) is 8.18. The number of benzene rings is 3. The summed E-state index contributed by atoms with van der Waals surface area (Å²) in [6.45, 7) is 16.2. The molecule has 0 bridgehead atoms. The summed E-state index contributed by atoms with van der Waals surface area (Å²) in [5.74, 6) is 0. The molecular formula is C28H34. The number of rotatable bonds is 3. The van der Waals surface area contributed by atoms with Crippen LogP contribution in [0.15, 0.2) is 66.7 Å². The van der Waals surface area contributed by atoms with Crippen LogP contribution in [-0.4, -0.2) is 0 Å². The van der Waals surface area contributed by atoms with Gasteiger partial charge in [-0.3, -0.25) is 0 Å². The lowest BCUT2D eigenvalue weighted by Gasteiger charge is -2.30. The summed E-state index contributed by atoms with van der Waals surface area (Å²) in [4.78, 5) is 0. The summed E-state index contributed by atoms with van der Waals surface area (Å²) in [6.07, 6.45) is 1.06. The lowest BCUT2D eigenvalue weighted by molar-refractivity contribution is 0.565. The number of aryl methyl sites for hydroxylation is 1. The Morgan fingerprint density at radius 2 is 1.07 bits per heavy atom. The highest BCUT2D eigenvalue weighted by atomic mass is 14.3. The molecule has 0 fully saturated rings. The Balaban J connectivity index is 2.15. The van der Waals surface area contributed by atoms with Crippen molar-refractivity contribution in [3.63, 3.8) is 0 Å². The van der Waals surface area contributed by atoms with Gasteiger partial charge in [-0.15, -0.1) is 0 Å². The SMILES string of the molecule is CCc1cc(-c2ccc(-c3ccccc3)cc2)c(C(C)(C)C)cc1C(C)(C)C. The zero-order valence-electron chi connectivity index (χ0n) is 18.6. The van der Waals surface area contributed by atoms with Crippen molar-refractivity contribution in [1.82, 2.24) is 0 Å². The standard InChI is InChI=1S/C28H34/c1-8-20-18-24(26(28(5,6)7)19-25(20)27(2,3)4)23-16-14-22(15-17-23)21-12-10-9-11-13-21/h9-19H,8H2,1-7H3. The first-order chi connectivity index (χ1) is 13.1. The lowest BCUT2D eigenvalue weighted by Crippen LogP contribution is -2.19. The van der Waals surface area contributed by atoms with Gasteiger partial charge in [0.25, 0.3) is 0 Å². The molecule has 146 valence electrons.